The number of nitrogens with zero attached hydrogens (tertiary/aromatic N) is 2. The van der Waals surface area contributed by atoms with Gasteiger partial charge < -0.3 is 4.90 Å². The molecule has 0 unspecified atom stereocenters. The van der Waals surface area contributed by atoms with Crippen LogP contribution in [0.5, 0.6) is 0 Å². The molecule has 1 aromatic rings. The van der Waals surface area contributed by atoms with E-state index in [2.05, 4.69) is 0 Å². The summed E-state index contributed by atoms with van der Waals surface area (Å²) in [6.45, 7) is 1.24. The molecule has 2 heterocycles. The highest BCUT2D eigenvalue weighted by Gasteiger charge is 2.47. The number of halogens is 4. The number of thioether (sulfide) groups is 1. The number of carbonyl (C=O) groups is 3. The summed E-state index contributed by atoms with van der Waals surface area (Å²) in [7, 11) is 0. The highest BCUT2D eigenvalue weighted by Crippen LogP contribution is 2.45. The van der Waals surface area contributed by atoms with E-state index in [4.69, 9.17) is 46.4 Å². The Kier molecular flexibility index (Phi) is 7.66. The second-order valence-electron chi connectivity index (χ2n) is 7.02. The Morgan fingerprint density at radius 1 is 0.897 bits per heavy atom. The molecule has 29 heavy (non-hydrogen) atoms. The zero-order valence-corrected chi connectivity index (χ0v) is 19.6. The Morgan fingerprint density at radius 3 is 1.83 bits per heavy atom. The Labute approximate surface area is 194 Å². The van der Waals surface area contributed by atoms with Gasteiger partial charge in [-0.1, -0.05) is 59.2 Å². The minimum atomic E-state index is -0.919. The number of amides is 3. The molecule has 1 saturated heterocycles. The standard InChI is InChI=1S/C19H20Cl4N2O3S/c1-29-9-6-10(17(26)24-7-4-2-3-5-8-24)25-18(27)11-12(19(25)28)14(21)16(23)15(22)13(11)20/h10H,2-9H2,1H3/t10-/m1/s1. The Balaban J connectivity index is 2.01. The normalized spacial score (nSPS) is 18.1. The number of carbonyl (C=O) groups excluding carboxylic acids is 3. The third-order valence-electron chi connectivity index (χ3n) is 5.24. The quantitative estimate of drug-likeness (QED) is 0.309. The minimum absolute atomic E-state index is 0.0837. The van der Waals surface area contributed by atoms with Gasteiger partial charge in [0.2, 0.25) is 5.91 Å². The molecule has 0 N–H and O–H groups in total. The van der Waals surface area contributed by atoms with Gasteiger partial charge in [-0.3, -0.25) is 19.3 Å². The highest BCUT2D eigenvalue weighted by atomic mass is 35.5. The summed E-state index contributed by atoms with van der Waals surface area (Å²) >= 11 is 26.2. The zero-order valence-electron chi connectivity index (χ0n) is 15.8. The first-order valence-corrected chi connectivity index (χ1v) is 12.2. The molecular weight excluding hydrogens is 478 g/mol. The topological polar surface area (TPSA) is 57.7 Å². The molecule has 2 aliphatic heterocycles. The second kappa shape index (κ2) is 9.65. The molecule has 0 spiro atoms. The van der Waals surface area contributed by atoms with Gasteiger partial charge in [0.1, 0.15) is 6.04 Å². The molecule has 1 aromatic carbocycles. The van der Waals surface area contributed by atoms with E-state index in [0.29, 0.717) is 25.3 Å². The Bertz CT molecular complexity index is 810. The van der Waals surface area contributed by atoms with Gasteiger partial charge in [0.05, 0.1) is 31.2 Å². The summed E-state index contributed by atoms with van der Waals surface area (Å²) in [6, 6.07) is -0.919. The molecule has 10 heteroatoms. The molecule has 5 nitrogen and oxygen atoms in total. The first-order valence-electron chi connectivity index (χ1n) is 9.32. The van der Waals surface area contributed by atoms with E-state index < -0.39 is 17.9 Å². The number of hydrogen-bond acceptors (Lipinski definition) is 4. The van der Waals surface area contributed by atoms with Crippen LogP contribution in [0.3, 0.4) is 0 Å². The summed E-state index contributed by atoms with van der Waals surface area (Å²) in [5, 5.41) is -0.412. The molecule has 0 aliphatic carbocycles. The first kappa shape index (κ1) is 23.0. The summed E-state index contributed by atoms with van der Waals surface area (Å²) in [4.78, 5) is 42.5. The van der Waals surface area contributed by atoms with Gasteiger partial charge in [-0.05, 0) is 31.3 Å². The summed E-state index contributed by atoms with van der Waals surface area (Å²) in [6.07, 6.45) is 6.20. The van der Waals surface area contributed by atoms with Crippen molar-refractivity contribution >= 4 is 75.9 Å². The average Bonchev–Trinajstić information content (AvgIpc) is 2.89. The predicted octanol–water partition coefficient (Wildman–Crippen LogP) is 5.42. The Hall–Kier alpha value is -0.660. The van der Waals surface area contributed by atoms with Gasteiger partial charge >= 0.3 is 0 Å². The van der Waals surface area contributed by atoms with Crippen LogP contribution < -0.4 is 0 Å². The van der Waals surface area contributed by atoms with Crippen molar-refractivity contribution in [2.45, 2.75) is 38.1 Å². The molecule has 3 amide bonds. The van der Waals surface area contributed by atoms with Crippen molar-refractivity contribution < 1.29 is 14.4 Å². The van der Waals surface area contributed by atoms with Crippen LogP contribution in [0, 0.1) is 0 Å². The van der Waals surface area contributed by atoms with Crippen LogP contribution in [0.4, 0.5) is 0 Å². The number of hydrogen-bond donors (Lipinski definition) is 0. The second-order valence-corrected chi connectivity index (χ2v) is 9.52. The SMILES string of the molecule is CSCC[C@H](C(=O)N1CCCCCC1)N1C(=O)c2c(Cl)c(Cl)c(Cl)c(Cl)c2C1=O. The lowest BCUT2D eigenvalue weighted by Gasteiger charge is -2.31. The smallest absolute Gasteiger partial charge is 0.263 e. The molecule has 158 valence electrons. The fourth-order valence-electron chi connectivity index (χ4n) is 3.74. The number of fused-ring (bicyclic) bond motifs is 1. The maximum Gasteiger partial charge on any atom is 0.263 e. The molecule has 0 radical (unpaired) electrons. The monoisotopic (exact) mass is 496 g/mol. The molecule has 1 fully saturated rings. The van der Waals surface area contributed by atoms with Crippen LogP contribution >= 0.6 is 58.2 Å². The zero-order chi connectivity index (χ0) is 21.3. The van der Waals surface area contributed by atoms with Gasteiger partial charge in [-0.15, -0.1) is 0 Å². The van der Waals surface area contributed by atoms with Gasteiger partial charge in [-0.2, -0.15) is 11.8 Å². The minimum Gasteiger partial charge on any atom is -0.341 e. The van der Waals surface area contributed by atoms with Crippen molar-refractivity contribution in [3.8, 4) is 0 Å². The van der Waals surface area contributed by atoms with Gasteiger partial charge in [-0.25, -0.2) is 0 Å². The molecule has 0 aromatic heterocycles. The molecule has 2 aliphatic rings. The van der Waals surface area contributed by atoms with Gasteiger partial charge in [0, 0.05) is 13.1 Å². The lowest BCUT2D eigenvalue weighted by molar-refractivity contribution is -0.135. The first-order chi connectivity index (χ1) is 13.8. The molecular formula is C19H20Cl4N2O3S. The van der Waals surface area contributed by atoms with Crippen LogP contribution in [0.2, 0.25) is 20.1 Å². The van der Waals surface area contributed by atoms with Crippen molar-refractivity contribution in [2.24, 2.45) is 0 Å². The number of likely N-dealkylation sites (tertiary alicyclic amines) is 1. The van der Waals surface area contributed by atoms with Crippen LogP contribution in [0.15, 0.2) is 0 Å². The molecule has 1 atom stereocenters. The van der Waals surface area contributed by atoms with Gasteiger partial charge in [0.25, 0.3) is 11.8 Å². The highest BCUT2D eigenvalue weighted by molar-refractivity contribution is 7.98. The van der Waals surface area contributed by atoms with Gasteiger partial charge in [0.15, 0.2) is 0 Å². The van der Waals surface area contributed by atoms with E-state index in [1.54, 1.807) is 16.7 Å². The number of imide groups is 1. The van der Waals surface area contributed by atoms with Crippen molar-refractivity contribution in [1.82, 2.24) is 9.80 Å². The van der Waals surface area contributed by atoms with E-state index in [0.717, 1.165) is 30.6 Å². The third-order valence-corrected chi connectivity index (χ3v) is 7.69. The number of benzene rings is 1. The summed E-state index contributed by atoms with van der Waals surface area (Å²) in [5.74, 6) is -0.935. The van der Waals surface area contributed by atoms with E-state index in [1.165, 1.54) is 0 Å². The molecule has 0 saturated carbocycles. The summed E-state index contributed by atoms with van der Waals surface area (Å²) in [5.41, 5.74) is -0.178. The van der Waals surface area contributed by atoms with Crippen molar-refractivity contribution in [3.05, 3.63) is 31.2 Å². The van der Waals surface area contributed by atoms with Crippen LogP contribution in [0.1, 0.15) is 52.8 Å². The lowest BCUT2D eigenvalue weighted by atomic mass is 10.1. The maximum atomic E-state index is 13.3. The van der Waals surface area contributed by atoms with E-state index in [9.17, 15) is 14.4 Å². The fourth-order valence-corrected chi connectivity index (χ4v) is 5.22. The van der Waals surface area contributed by atoms with Crippen LogP contribution in [0.25, 0.3) is 0 Å². The average molecular weight is 498 g/mol. The Morgan fingerprint density at radius 2 is 1.38 bits per heavy atom. The number of rotatable bonds is 5. The van der Waals surface area contributed by atoms with Crippen molar-refractivity contribution in [1.29, 1.82) is 0 Å². The summed E-state index contributed by atoms with van der Waals surface area (Å²) < 4.78 is 0. The van der Waals surface area contributed by atoms with Crippen LogP contribution in [-0.4, -0.2) is 58.7 Å². The molecule has 0 bridgehead atoms. The fraction of sp³-hybridized carbons (Fsp3) is 0.526. The molecule has 3 rings (SSSR count). The van der Waals surface area contributed by atoms with Crippen molar-refractivity contribution in [3.63, 3.8) is 0 Å². The van der Waals surface area contributed by atoms with E-state index in [-0.39, 0.29) is 37.1 Å². The van der Waals surface area contributed by atoms with Crippen molar-refractivity contribution in [2.75, 3.05) is 25.1 Å². The largest absolute Gasteiger partial charge is 0.341 e. The maximum absolute atomic E-state index is 13.3. The predicted molar refractivity (Wildman–Crippen MR) is 119 cm³/mol. The third kappa shape index (κ3) is 4.24. The van der Waals surface area contributed by atoms with E-state index >= 15 is 0 Å². The van der Waals surface area contributed by atoms with E-state index in [1.807, 2.05) is 6.26 Å². The lowest BCUT2D eigenvalue weighted by Crippen LogP contribution is -2.51. The van der Waals surface area contributed by atoms with Crippen LogP contribution in [-0.2, 0) is 4.79 Å².